The fourth-order valence-corrected chi connectivity index (χ4v) is 3.57. The Bertz CT molecular complexity index is 1040. The van der Waals surface area contributed by atoms with E-state index in [1.165, 1.54) is 23.1 Å². The van der Waals surface area contributed by atoms with Gasteiger partial charge in [-0.05, 0) is 48.9 Å². The fraction of sp³-hybridized carbons (Fsp3) is 0.318. The summed E-state index contributed by atoms with van der Waals surface area (Å²) in [7, 11) is 0. The second-order valence-electron chi connectivity index (χ2n) is 7.18. The van der Waals surface area contributed by atoms with Crippen molar-refractivity contribution in [1.29, 1.82) is 0 Å². The van der Waals surface area contributed by atoms with Crippen molar-refractivity contribution in [3.63, 3.8) is 0 Å². The van der Waals surface area contributed by atoms with Crippen molar-refractivity contribution in [1.82, 2.24) is 10.1 Å². The molecule has 0 spiro atoms. The van der Waals surface area contributed by atoms with E-state index in [4.69, 9.17) is 20.9 Å². The predicted molar refractivity (Wildman–Crippen MR) is 111 cm³/mol. The lowest BCUT2D eigenvalue weighted by atomic mass is 10.1. The number of unbranched alkanes of at least 4 members (excludes halogenated alkanes) is 1. The number of halogens is 2. The van der Waals surface area contributed by atoms with Crippen LogP contribution in [0.2, 0.25) is 5.02 Å². The molecule has 0 saturated carbocycles. The van der Waals surface area contributed by atoms with Gasteiger partial charge in [0.2, 0.25) is 17.6 Å². The van der Waals surface area contributed by atoms with Crippen LogP contribution in [0.5, 0.6) is 5.75 Å². The van der Waals surface area contributed by atoms with Crippen molar-refractivity contribution in [2.75, 3.05) is 18.1 Å². The van der Waals surface area contributed by atoms with Crippen LogP contribution in [0, 0.1) is 5.82 Å². The highest BCUT2D eigenvalue weighted by molar-refractivity contribution is 6.33. The standard InChI is InChI=1S/C22H21ClFN3O3/c1-2-3-10-29-17-7-4-14(5-8-17)21-25-22(30-26-21)15-11-20(28)27(13-15)19-12-16(24)6-9-18(19)23/h4-9,12,15H,2-3,10-11,13H2,1H3. The molecule has 0 aliphatic carbocycles. The summed E-state index contributed by atoms with van der Waals surface area (Å²) in [5.41, 5.74) is 1.14. The first-order valence-electron chi connectivity index (χ1n) is 9.87. The third-order valence-electron chi connectivity index (χ3n) is 4.99. The Morgan fingerprint density at radius 1 is 1.27 bits per heavy atom. The molecule has 3 aromatic rings. The molecule has 0 N–H and O–H groups in total. The zero-order valence-corrected chi connectivity index (χ0v) is 17.2. The number of amides is 1. The minimum absolute atomic E-state index is 0.166. The molecule has 8 heteroatoms. The number of nitrogens with zero attached hydrogens (tertiary/aromatic N) is 3. The van der Waals surface area contributed by atoms with Crippen LogP contribution in [-0.4, -0.2) is 29.2 Å². The summed E-state index contributed by atoms with van der Waals surface area (Å²) >= 11 is 6.15. The molecule has 1 aliphatic rings. The maximum absolute atomic E-state index is 13.6. The van der Waals surface area contributed by atoms with Crippen molar-refractivity contribution in [2.24, 2.45) is 0 Å². The summed E-state index contributed by atoms with van der Waals surface area (Å²) in [6.07, 6.45) is 2.28. The number of ether oxygens (including phenoxy) is 1. The minimum Gasteiger partial charge on any atom is -0.494 e. The monoisotopic (exact) mass is 429 g/mol. The second kappa shape index (κ2) is 8.83. The molecule has 0 bridgehead atoms. The molecule has 2 aromatic carbocycles. The Labute approximate surface area is 178 Å². The number of hydrogen-bond acceptors (Lipinski definition) is 5. The molecule has 30 heavy (non-hydrogen) atoms. The zero-order chi connectivity index (χ0) is 21.1. The van der Waals surface area contributed by atoms with Gasteiger partial charge in [-0.25, -0.2) is 4.39 Å². The van der Waals surface area contributed by atoms with Crippen molar-refractivity contribution >= 4 is 23.2 Å². The van der Waals surface area contributed by atoms with E-state index in [0.29, 0.717) is 35.6 Å². The van der Waals surface area contributed by atoms with Crippen LogP contribution < -0.4 is 9.64 Å². The van der Waals surface area contributed by atoms with E-state index in [1.807, 2.05) is 24.3 Å². The largest absolute Gasteiger partial charge is 0.494 e. The van der Waals surface area contributed by atoms with Crippen LogP contribution in [0.4, 0.5) is 10.1 Å². The summed E-state index contributed by atoms with van der Waals surface area (Å²) in [5, 5.41) is 4.37. The Balaban J connectivity index is 1.46. The molecular formula is C22H21ClFN3O3. The molecule has 4 rings (SSSR count). The molecule has 1 unspecified atom stereocenters. The summed E-state index contributed by atoms with van der Waals surface area (Å²) < 4.78 is 24.7. The molecule has 1 amide bonds. The van der Waals surface area contributed by atoms with Crippen LogP contribution in [0.25, 0.3) is 11.4 Å². The van der Waals surface area contributed by atoms with Gasteiger partial charge in [-0.1, -0.05) is 30.1 Å². The number of carbonyl (C=O) groups is 1. The quantitative estimate of drug-likeness (QED) is 0.481. The SMILES string of the molecule is CCCCOc1ccc(-c2noc(C3CC(=O)N(c4cc(F)ccc4Cl)C3)n2)cc1. The Hall–Kier alpha value is -2.93. The van der Waals surface area contributed by atoms with Gasteiger partial charge in [0.1, 0.15) is 11.6 Å². The third kappa shape index (κ3) is 4.31. The second-order valence-corrected chi connectivity index (χ2v) is 7.59. The first-order chi connectivity index (χ1) is 14.5. The van der Waals surface area contributed by atoms with Gasteiger partial charge in [-0.2, -0.15) is 4.98 Å². The molecule has 1 fully saturated rings. The molecule has 6 nitrogen and oxygen atoms in total. The maximum atomic E-state index is 13.6. The predicted octanol–water partition coefficient (Wildman–Crippen LogP) is 5.23. The van der Waals surface area contributed by atoms with Gasteiger partial charge in [-0.15, -0.1) is 0 Å². The molecule has 156 valence electrons. The van der Waals surface area contributed by atoms with Crippen molar-refractivity contribution in [3.8, 4) is 17.1 Å². The minimum atomic E-state index is -0.451. The highest BCUT2D eigenvalue weighted by Crippen LogP contribution is 2.35. The molecule has 2 heterocycles. The highest BCUT2D eigenvalue weighted by Gasteiger charge is 2.36. The molecule has 1 aliphatic heterocycles. The summed E-state index contributed by atoms with van der Waals surface area (Å²) in [4.78, 5) is 18.4. The molecule has 1 atom stereocenters. The van der Waals surface area contributed by atoms with Crippen molar-refractivity contribution < 1.29 is 18.4 Å². The lowest BCUT2D eigenvalue weighted by molar-refractivity contribution is -0.117. The van der Waals surface area contributed by atoms with Crippen LogP contribution in [0.1, 0.15) is 38.0 Å². The summed E-state index contributed by atoms with van der Waals surface area (Å²) in [5.74, 6) is 0.708. The van der Waals surface area contributed by atoms with Crippen LogP contribution in [0.3, 0.4) is 0 Å². The lowest BCUT2D eigenvalue weighted by Gasteiger charge is -2.17. The summed E-state index contributed by atoms with van der Waals surface area (Å²) in [6.45, 7) is 3.10. The van der Waals surface area contributed by atoms with Gasteiger partial charge >= 0.3 is 0 Å². The average molecular weight is 430 g/mol. The number of carbonyl (C=O) groups excluding carboxylic acids is 1. The van der Waals surface area contributed by atoms with Gasteiger partial charge < -0.3 is 14.2 Å². The van der Waals surface area contributed by atoms with Crippen LogP contribution >= 0.6 is 11.6 Å². The van der Waals surface area contributed by atoms with E-state index in [2.05, 4.69) is 17.1 Å². The molecule has 1 aromatic heterocycles. The maximum Gasteiger partial charge on any atom is 0.232 e. The van der Waals surface area contributed by atoms with Crippen LogP contribution in [0.15, 0.2) is 47.0 Å². The summed E-state index contributed by atoms with van der Waals surface area (Å²) in [6, 6.07) is 11.4. The first kappa shape index (κ1) is 20.3. The zero-order valence-electron chi connectivity index (χ0n) is 16.5. The molecule has 1 saturated heterocycles. The average Bonchev–Trinajstić information content (AvgIpc) is 3.38. The number of rotatable bonds is 7. The Morgan fingerprint density at radius 3 is 2.83 bits per heavy atom. The molecular weight excluding hydrogens is 409 g/mol. The highest BCUT2D eigenvalue weighted by atomic mass is 35.5. The van der Waals surface area contributed by atoms with Gasteiger partial charge in [0.25, 0.3) is 0 Å². The Kier molecular flexibility index (Phi) is 5.99. The fourth-order valence-electron chi connectivity index (χ4n) is 3.35. The van der Waals surface area contributed by atoms with E-state index in [0.717, 1.165) is 24.2 Å². The van der Waals surface area contributed by atoms with E-state index in [-0.39, 0.29) is 18.2 Å². The van der Waals surface area contributed by atoms with Gasteiger partial charge in [-0.3, -0.25) is 4.79 Å². The number of anilines is 1. The van der Waals surface area contributed by atoms with Crippen molar-refractivity contribution in [3.05, 3.63) is 59.2 Å². The van der Waals surface area contributed by atoms with Gasteiger partial charge in [0.05, 0.1) is 23.2 Å². The van der Waals surface area contributed by atoms with E-state index in [9.17, 15) is 9.18 Å². The topological polar surface area (TPSA) is 68.5 Å². The lowest BCUT2D eigenvalue weighted by Crippen LogP contribution is -2.24. The molecule has 0 radical (unpaired) electrons. The third-order valence-corrected chi connectivity index (χ3v) is 5.31. The number of aromatic nitrogens is 2. The Morgan fingerprint density at radius 2 is 2.07 bits per heavy atom. The van der Waals surface area contributed by atoms with Gasteiger partial charge in [0, 0.05) is 18.5 Å². The van der Waals surface area contributed by atoms with Crippen molar-refractivity contribution in [2.45, 2.75) is 32.1 Å². The van der Waals surface area contributed by atoms with Crippen LogP contribution in [-0.2, 0) is 4.79 Å². The number of hydrogen-bond donors (Lipinski definition) is 0. The first-order valence-corrected chi connectivity index (χ1v) is 10.2. The van der Waals surface area contributed by atoms with E-state index >= 15 is 0 Å². The smallest absolute Gasteiger partial charge is 0.232 e. The van der Waals surface area contributed by atoms with E-state index in [1.54, 1.807) is 0 Å². The normalized spacial score (nSPS) is 16.3. The van der Waals surface area contributed by atoms with Gasteiger partial charge in [0.15, 0.2) is 0 Å². The van der Waals surface area contributed by atoms with E-state index < -0.39 is 5.82 Å². The number of benzene rings is 2.